The van der Waals surface area contributed by atoms with E-state index in [9.17, 15) is 41.1 Å². The highest BCUT2D eigenvalue weighted by molar-refractivity contribution is 7.92. The predicted molar refractivity (Wildman–Crippen MR) is 156 cm³/mol. The van der Waals surface area contributed by atoms with E-state index in [1.165, 1.54) is 19.2 Å². The Bertz CT molecular complexity index is 1710. The highest BCUT2D eigenvalue weighted by Gasteiger charge is 2.63. The minimum Gasteiger partial charge on any atom is -0.496 e. The van der Waals surface area contributed by atoms with Gasteiger partial charge in [0, 0.05) is 29.6 Å². The van der Waals surface area contributed by atoms with Gasteiger partial charge in [0.15, 0.2) is 11.6 Å². The molecule has 2 aromatic carbocycles. The Morgan fingerprint density at radius 3 is 2.31 bits per heavy atom. The second-order valence-electron chi connectivity index (χ2n) is 12.3. The van der Waals surface area contributed by atoms with Crippen LogP contribution >= 0.6 is 0 Å². The number of benzene rings is 2. The van der Waals surface area contributed by atoms with E-state index >= 15 is 4.39 Å². The van der Waals surface area contributed by atoms with E-state index in [2.05, 4.69) is 10.6 Å². The van der Waals surface area contributed by atoms with Gasteiger partial charge >= 0.3 is 11.5 Å². The molecule has 2 amide bonds. The minimum absolute atomic E-state index is 0.0322. The van der Waals surface area contributed by atoms with Gasteiger partial charge in [-0.05, 0) is 56.4 Å². The van der Waals surface area contributed by atoms with Crippen LogP contribution in [-0.2, 0) is 28.9 Å². The number of carbonyl (C=O) groups is 3. The molecular weight excluding hydrogens is 668 g/mol. The number of carbonyl (C=O) groups excluding carboxylic acids is 2. The lowest BCUT2D eigenvalue weighted by Gasteiger charge is -2.36. The molecule has 4 aliphatic rings. The molecule has 3 N–H and O–H groups in total. The number of carboxylic acids is 1. The summed E-state index contributed by atoms with van der Waals surface area (Å²) in [6, 6.07) is 5.09. The van der Waals surface area contributed by atoms with Crippen molar-refractivity contribution in [3.63, 3.8) is 0 Å². The molecule has 17 heteroatoms. The standard InChI is InChI=1S/C31H32F4N2O10S/c1-44-22-12-21(32)23(47-16-7-5-14(6-8-16)30(40)41)11-18(22)28(38)37-25-20-10-19(26-27(20)46-13-45-26)24(25)29(39)36-15-3-2-4-17(9-15)48(42,43)31(33,34)35/h2-4,9,11-12,14,16,19-20,24-27H,5-8,10,13H2,1H3,(H,36,39)(H,37,38)(H,40,41). The summed E-state index contributed by atoms with van der Waals surface area (Å²) in [5, 5.41) is 14.6. The van der Waals surface area contributed by atoms with Crippen molar-refractivity contribution in [3.05, 3.63) is 47.8 Å². The average molecular weight is 701 g/mol. The predicted octanol–water partition coefficient (Wildman–Crippen LogP) is 3.89. The van der Waals surface area contributed by atoms with Gasteiger partial charge in [0.1, 0.15) is 12.5 Å². The summed E-state index contributed by atoms with van der Waals surface area (Å²) in [5.41, 5.74) is -5.84. The van der Waals surface area contributed by atoms with Crippen molar-refractivity contribution in [2.24, 2.45) is 23.7 Å². The van der Waals surface area contributed by atoms with E-state index in [0.29, 0.717) is 38.2 Å². The number of amides is 2. The van der Waals surface area contributed by atoms with Gasteiger partial charge in [-0.15, -0.1) is 0 Å². The molecule has 3 saturated carbocycles. The summed E-state index contributed by atoms with van der Waals surface area (Å²) in [6.07, 6.45) is 0.480. The number of fused-ring (bicyclic) bond motifs is 5. The van der Waals surface area contributed by atoms with Crippen LogP contribution in [-0.4, -0.2) is 75.1 Å². The van der Waals surface area contributed by atoms with Crippen LogP contribution in [0.3, 0.4) is 0 Å². The van der Waals surface area contributed by atoms with Crippen LogP contribution in [0.25, 0.3) is 0 Å². The Balaban J connectivity index is 1.23. The Labute approximate surface area is 272 Å². The maximum absolute atomic E-state index is 15.0. The number of ether oxygens (including phenoxy) is 4. The first-order valence-electron chi connectivity index (χ1n) is 15.2. The number of anilines is 1. The molecule has 1 heterocycles. The number of nitrogens with one attached hydrogen (secondary N) is 2. The highest BCUT2D eigenvalue weighted by atomic mass is 32.2. The highest BCUT2D eigenvalue weighted by Crippen LogP contribution is 2.53. The first-order valence-corrected chi connectivity index (χ1v) is 16.7. The summed E-state index contributed by atoms with van der Waals surface area (Å²) < 4.78 is 101. The number of halogens is 4. The smallest absolute Gasteiger partial charge is 0.496 e. The third-order valence-corrected chi connectivity index (χ3v) is 11.2. The number of rotatable bonds is 9. The monoisotopic (exact) mass is 700 g/mol. The maximum atomic E-state index is 15.0. The number of alkyl halides is 3. The van der Waals surface area contributed by atoms with E-state index in [4.69, 9.17) is 18.9 Å². The number of sulfone groups is 1. The van der Waals surface area contributed by atoms with Crippen LogP contribution in [0, 0.1) is 29.5 Å². The quantitative estimate of drug-likeness (QED) is 0.327. The molecule has 1 saturated heterocycles. The molecule has 260 valence electrons. The van der Waals surface area contributed by atoms with Crippen LogP contribution in [0.2, 0.25) is 0 Å². The molecule has 12 nitrogen and oxygen atoms in total. The number of carboxylic acid groups (broad SMARTS) is 1. The fourth-order valence-electron chi connectivity index (χ4n) is 7.40. The number of methoxy groups -OCH3 is 1. The molecule has 4 fully saturated rings. The molecule has 6 unspecified atom stereocenters. The molecule has 0 radical (unpaired) electrons. The summed E-state index contributed by atoms with van der Waals surface area (Å²) in [6.45, 7) is -0.0322. The third-order valence-electron chi connectivity index (χ3n) is 9.68. The molecular formula is C31H32F4N2O10S. The van der Waals surface area contributed by atoms with Crippen LogP contribution < -0.4 is 20.1 Å². The van der Waals surface area contributed by atoms with Gasteiger partial charge < -0.3 is 34.7 Å². The van der Waals surface area contributed by atoms with E-state index in [1.54, 1.807) is 0 Å². The van der Waals surface area contributed by atoms with E-state index in [1.807, 2.05) is 0 Å². The van der Waals surface area contributed by atoms with E-state index < -0.39 is 91.9 Å². The zero-order chi connectivity index (χ0) is 34.5. The van der Waals surface area contributed by atoms with Crippen molar-refractivity contribution in [1.82, 2.24) is 5.32 Å². The molecule has 0 aromatic heterocycles. The van der Waals surface area contributed by atoms with E-state index in [0.717, 1.165) is 18.2 Å². The number of hydrogen-bond donors (Lipinski definition) is 3. The number of aliphatic carboxylic acids is 1. The van der Waals surface area contributed by atoms with Crippen molar-refractivity contribution in [2.45, 2.75) is 66.9 Å². The summed E-state index contributed by atoms with van der Waals surface area (Å²) in [5.74, 6) is -5.78. The lowest BCUT2D eigenvalue weighted by atomic mass is 9.80. The average Bonchev–Trinajstić information content (AvgIpc) is 3.75. The zero-order valence-electron chi connectivity index (χ0n) is 25.4. The van der Waals surface area contributed by atoms with Gasteiger partial charge in [-0.1, -0.05) is 6.07 Å². The molecule has 2 aromatic rings. The summed E-state index contributed by atoms with van der Waals surface area (Å²) in [4.78, 5) is 37.8. The molecule has 6 atom stereocenters. The fraction of sp³-hybridized carbons (Fsp3) is 0.516. The summed E-state index contributed by atoms with van der Waals surface area (Å²) in [7, 11) is -4.43. The van der Waals surface area contributed by atoms with Crippen molar-refractivity contribution in [3.8, 4) is 11.5 Å². The van der Waals surface area contributed by atoms with Crippen LogP contribution in [0.1, 0.15) is 42.5 Å². The Kier molecular flexibility index (Phi) is 9.06. The van der Waals surface area contributed by atoms with Gasteiger partial charge in [-0.25, -0.2) is 12.8 Å². The van der Waals surface area contributed by atoms with Crippen molar-refractivity contribution in [1.29, 1.82) is 0 Å². The van der Waals surface area contributed by atoms with Gasteiger partial charge in [0.2, 0.25) is 5.91 Å². The topological polar surface area (TPSA) is 167 Å². The third kappa shape index (κ3) is 6.18. The van der Waals surface area contributed by atoms with Gasteiger partial charge in [-0.3, -0.25) is 14.4 Å². The first-order chi connectivity index (χ1) is 22.7. The zero-order valence-corrected chi connectivity index (χ0v) is 26.2. The Hall–Kier alpha value is -3.96. The second kappa shape index (κ2) is 12.8. The maximum Gasteiger partial charge on any atom is 0.501 e. The summed E-state index contributed by atoms with van der Waals surface area (Å²) >= 11 is 0. The van der Waals surface area contributed by atoms with Gasteiger partial charge in [-0.2, -0.15) is 13.2 Å². The van der Waals surface area contributed by atoms with Crippen molar-refractivity contribution in [2.75, 3.05) is 19.2 Å². The Morgan fingerprint density at radius 2 is 1.67 bits per heavy atom. The van der Waals surface area contributed by atoms with Crippen LogP contribution in [0.5, 0.6) is 11.5 Å². The lowest BCUT2D eigenvalue weighted by molar-refractivity contribution is -0.143. The SMILES string of the molecule is COc1cc(F)c(OC2CCC(C(=O)O)CC2)cc1C(=O)NC1C2CC(C3OCOC23)C1C(=O)Nc1cccc(S(=O)(=O)C(F)(F)F)c1. The fourth-order valence-corrected chi connectivity index (χ4v) is 8.21. The minimum atomic E-state index is -5.68. The largest absolute Gasteiger partial charge is 0.501 e. The molecule has 2 bridgehead atoms. The molecule has 48 heavy (non-hydrogen) atoms. The molecule has 1 aliphatic heterocycles. The van der Waals surface area contributed by atoms with Gasteiger partial charge in [0.05, 0.1) is 47.7 Å². The lowest BCUT2D eigenvalue weighted by Crippen LogP contribution is -2.55. The van der Waals surface area contributed by atoms with Crippen molar-refractivity contribution < 1.29 is 64.4 Å². The molecule has 0 spiro atoms. The van der Waals surface area contributed by atoms with Crippen molar-refractivity contribution >= 4 is 33.3 Å². The van der Waals surface area contributed by atoms with Crippen LogP contribution in [0.4, 0.5) is 23.2 Å². The molecule has 6 rings (SSSR count). The second-order valence-corrected chi connectivity index (χ2v) is 14.3. The normalized spacial score (nSPS) is 29.6. The van der Waals surface area contributed by atoms with E-state index in [-0.39, 0.29) is 29.5 Å². The first kappa shape index (κ1) is 33.9. The number of hydrogen-bond acceptors (Lipinski definition) is 9. The molecule has 3 aliphatic carbocycles. The van der Waals surface area contributed by atoms with Gasteiger partial charge in [0.25, 0.3) is 15.7 Å². The van der Waals surface area contributed by atoms with Crippen LogP contribution in [0.15, 0.2) is 41.3 Å². The Morgan fingerprint density at radius 1 is 0.979 bits per heavy atom.